The lowest BCUT2D eigenvalue weighted by Gasteiger charge is -2.50. The first-order valence-corrected chi connectivity index (χ1v) is 8.43. The van der Waals surface area contributed by atoms with Crippen molar-refractivity contribution < 1.29 is 19.3 Å². The molecule has 9 heteroatoms. The third-order valence-corrected chi connectivity index (χ3v) is 5.82. The van der Waals surface area contributed by atoms with Crippen molar-refractivity contribution >= 4 is 29.2 Å². The molecular formula is C17H18N4O5. The molecule has 0 aliphatic carbocycles. The van der Waals surface area contributed by atoms with Gasteiger partial charge in [0, 0.05) is 44.9 Å². The van der Waals surface area contributed by atoms with E-state index in [0.29, 0.717) is 18.5 Å². The Bertz CT molecular complexity index is 843. The molecule has 0 radical (unpaired) electrons. The van der Waals surface area contributed by atoms with E-state index in [2.05, 4.69) is 0 Å². The molecule has 1 spiro atoms. The highest BCUT2D eigenvalue weighted by atomic mass is 16.6. The van der Waals surface area contributed by atoms with Crippen LogP contribution in [0.1, 0.15) is 18.4 Å². The van der Waals surface area contributed by atoms with Crippen LogP contribution in [0.4, 0.5) is 16.2 Å². The summed E-state index contributed by atoms with van der Waals surface area (Å²) in [7, 11) is 2.75. The monoisotopic (exact) mass is 358 g/mol. The van der Waals surface area contributed by atoms with Gasteiger partial charge in [-0.25, -0.2) is 4.79 Å². The smallest absolute Gasteiger partial charge is 0.332 e. The molecule has 2 saturated heterocycles. The highest BCUT2D eigenvalue weighted by Gasteiger charge is 2.63. The summed E-state index contributed by atoms with van der Waals surface area (Å²) in [5.41, 5.74) is -0.0809. The van der Waals surface area contributed by atoms with Crippen molar-refractivity contribution in [1.82, 2.24) is 9.80 Å². The second-order valence-corrected chi connectivity index (χ2v) is 7.08. The fourth-order valence-corrected chi connectivity index (χ4v) is 4.62. The molecule has 4 rings (SSSR count). The van der Waals surface area contributed by atoms with Gasteiger partial charge in [-0.3, -0.25) is 29.5 Å². The van der Waals surface area contributed by atoms with E-state index in [4.69, 9.17) is 0 Å². The number of rotatable bonds is 1. The number of non-ortho nitro benzene ring substituents is 1. The summed E-state index contributed by atoms with van der Waals surface area (Å²) in [6.07, 6.45) is 1.53. The van der Waals surface area contributed by atoms with Gasteiger partial charge in [-0.15, -0.1) is 0 Å². The van der Waals surface area contributed by atoms with Crippen molar-refractivity contribution in [3.05, 3.63) is 33.9 Å². The number of nitrogens with zero attached hydrogens (tertiary/aromatic N) is 4. The zero-order valence-corrected chi connectivity index (χ0v) is 14.5. The fraction of sp³-hybridized carbons (Fsp3) is 0.471. The first kappa shape index (κ1) is 16.5. The van der Waals surface area contributed by atoms with E-state index >= 15 is 0 Å². The van der Waals surface area contributed by atoms with Crippen LogP contribution in [-0.2, 0) is 16.0 Å². The summed E-state index contributed by atoms with van der Waals surface area (Å²) in [6.45, 7) is 0.666. The molecule has 3 heterocycles. The number of carbonyl (C=O) groups excluding carboxylic acids is 3. The van der Waals surface area contributed by atoms with Crippen LogP contribution in [0.3, 0.4) is 0 Å². The molecule has 2 fully saturated rings. The van der Waals surface area contributed by atoms with Crippen LogP contribution in [-0.4, -0.2) is 59.3 Å². The molecule has 1 atom stereocenters. The Morgan fingerprint density at radius 1 is 1.15 bits per heavy atom. The predicted octanol–water partition coefficient (Wildman–Crippen LogP) is 1.16. The Kier molecular flexibility index (Phi) is 3.34. The lowest BCUT2D eigenvalue weighted by atomic mass is 9.68. The minimum atomic E-state index is -1.42. The van der Waals surface area contributed by atoms with Crippen LogP contribution in [0.2, 0.25) is 0 Å². The third kappa shape index (κ3) is 1.88. The second kappa shape index (κ2) is 5.26. The number of benzene rings is 1. The Labute approximate surface area is 149 Å². The number of fused-ring (bicyclic) bond motifs is 4. The summed E-state index contributed by atoms with van der Waals surface area (Å²) < 4.78 is 0. The van der Waals surface area contributed by atoms with Crippen molar-refractivity contribution in [2.24, 2.45) is 5.41 Å². The lowest BCUT2D eigenvalue weighted by molar-refractivity contribution is -0.384. The van der Waals surface area contributed by atoms with Crippen LogP contribution < -0.4 is 4.90 Å². The number of urea groups is 1. The summed E-state index contributed by atoms with van der Waals surface area (Å²) in [4.78, 5) is 53.1. The van der Waals surface area contributed by atoms with E-state index < -0.39 is 28.2 Å². The standard InChI is InChI=1S/C17H18N4O5/c1-18-14(22)17(15(23)19(2)16(18)24)9-10-8-11(21(25)26)5-6-12(10)20-7-3-4-13(17)20/h5-6,8,13H,3-4,7,9H2,1-2H3. The van der Waals surface area contributed by atoms with E-state index in [1.807, 2.05) is 4.90 Å². The highest BCUT2D eigenvalue weighted by Crippen LogP contribution is 2.49. The molecule has 1 unspecified atom stereocenters. The molecule has 9 nitrogen and oxygen atoms in total. The summed E-state index contributed by atoms with van der Waals surface area (Å²) in [5, 5.41) is 11.2. The molecule has 1 aromatic carbocycles. The van der Waals surface area contributed by atoms with Crippen LogP contribution in [0.25, 0.3) is 0 Å². The summed E-state index contributed by atoms with van der Waals surface area (Å²) in [5.74, 6) is -1.06. The fourth-order valence-electron chi connectivity index (χ4n) is 4.62. The molecule has 26 heavy (non-hydrogen) atoms. The van der Waals surface area contributed by atoms with Gasteiger partial charge in [0.1, 0.15) is 0 Å². The average Bonchev–Trinajstić information content (AvgIpc) is 3.13. The van der Waals surface area contributed by atoms with Gasteiger partial charge in [0.15, 0.2) is 5.41 Å². The topological polar surface area (TPSA) is 104 Å². The van der Waals surface area contributed by atoms with Gasteiger partial charge in [-0.1, -0.05) is 0 Å². The number of carbonyl (C=O) groups is 3. The summed E-state index contributed by atoms with van der Waals surface area (Å²) >= 11 is 0. The number of nitro benzene ring substituents is 1. The number of nitro groups is 1. The molecule has 4 amide bonds. The van der Waals surface area contributed by atoms with Gasteiger partial charge in [0.2, 0.25) is 11.8 Å². The zero-order valence-electron chi connectivity index (χ0n) is 14.5. The SMILES string of the molecule is CN1C(=O)N(C)C(=O)C2(Cc3cc([N+](=O)[O-])ccc3N3CCCC32)C1=O. The van der Waals surface area contributed by atoms with Crippen molar-refractivity contribution in [3.8, 4) is 0 Å². The molecule has 1 aromatic rings. The molecular weight excluding hydrogens is 340 g/mol. The normalized spacial score (nSPS) is 24.2. The van der Waals surface area contributed by atoms with Gasteiger partial charge in [-0.2, -0.15) is 0 Å². The van der Waals surface area contributed by atoms with E-state index in [1.165, 1.54) is 26.2 Å². The number of amides is 4. The molecule has 3 aliphatic rings. The molecule has 136 valence electrons. The zero-order chi connectivity index (χ0) is 18.8. The maximum Gasteiger partial charge on any atom is 0.332 e. The van der Waals surface area contributed by atoms with Gasteiger partial charge >= 0.3 is 6.03 Å². The lowest BCUT2D eigenvalue weighted by Crippen LogP contribution is -2.70. The highest BCUT2D eigenvalue weighted by molar-refractivity contribution is 6.20. The van der Waals surface area contributed by atoms with Crippen molar-refractivity contribution in [2.45, 2.75) is 25.3 Å². The van der Waals surface area contributed by atoms with Gasteiger partial charge in [-0.05, 0) is 24.5 Å². The van der Waals surface area contributed by atoms with Crippen LogP contribution in [0, 0.1) is 15.5 Å². The van der Waals surface area contributed by atoms with E-state index in [0.717, 1.165) is 21.9 Å². The van der Waals surface area contributed by atoms with Crippen molar-refractivity contribution in [1.29, 1.82) is 0 Å². The number of hydrogen-bond acceptors (Lipinski definition) is 6. The van der Waals surface area contributed by atoms with Gasteiger partial charge in [0.25, 0.3) is 5.69 Å². The van der Waals surface area contributed by atoms with Crippen molar-refractivity contribution in [2.75, 3.05) is 25.5 Å². The minimum absolute atomic E-state index is 0.0603. The van der Waals surface area contributed by atoms with Gasteiger partial charge in [0.05, 0.1) is 11.0 Å². The van der Waals surface area contributed by atoms with E-state index in [-0.39, 0.29) is 18.2 Å². The Hall–Kier alpha value is -2.97. The molecule has 0 saturated carbocycles. The number of hydrogen-bond donors (Lipinski definition) is 0. The maximum absolute atomic E-state index is 13.1. The van der Waals surface area contributed by atoms with Crippen LogP contribution in [0.15, 0.2) is 18.2 Å². The van der Waals surface area contributed by atoms with E-state index in [1.54, 1.807) is 6.07 Å². The number of barbiturate groups is 1. The molecule has 0 aromatic heterocycles. The van der Waals surface area contributed by atoms with E-state index in [9.17, 15) is 24.5 Å². The number of anilines is 1. The largest absolute Gasteiger partial charge is 0.367 e. The Morgan fingerprint density at radius 2 is 1.81 bits per heavy atom. The first-order chi connectivity index (χ1) is 12.3. The first-order valence-electron chi connectivity index (χ1n) is 8.43. The number of imide groups is 2. The minimum Gasteiger partial charge on any atom is -0.367 e. The van der Waals surface area contributed by atoms with Gasteiger partial charge < -0.3 is 4.90 Å². The molecule has 0 bridgehead atoms. The second-order valence-electron chi connectivity index (χ2n) is 7.08. The third-order valence-electron chi connectivity index (χ3n) is 5.82. The quantitative estimate of drug-likeness (QED) is 0.424. The maximum atomic E-state index is 13.1. The van der Waals surface area contributed by atoms with Crippen molar-refractivity contribution in [3.63, 3.8) is 0 Å². The van der Waals surface area contributed by atoms with Crippen LogP contribution >= 0.6 is 0 Å². The molecule has 3 aliphatic heterocycles. The molecule has 0 N–H and O–H groups in total. The predicted molar refractivity (Wildman–Crippen MR) is 90.5 cm³/mol. The average molecular weight is 358 g/mol. The Balaban J connectivity index is 1.91. The van der Waals surface area contributed by atoms with Crippen LogP contribution in [0.5, 0.6) is 0 Å². The Morgan fingerprint density at radius 3 is 2.42 bits per heavy atom. The summed E-state index contributed by atoms with van der Waals surface area (Å²) in [6, 6.07) is 3.56.